The highest BCUT2D eigenvalue weighted by atomic mass is 16.2. The molecule has 1 atom stereocenters. The van der Waals surface area contributed by atoms with E-state index in [9.17, 15) is 4.79 Å². The third kappa shape index (κ3) is 3.02. The molecule has 0 N–H and O–H groups in total. The molecule has 3 heterocycles. The van der Waals surface area contributed by atoms with Gasteiger partial charge in [-0.15, -0.1) is 0 Å². The van der Waals surface area contributed by atoms with Crippen LogP contribution >= 0.6 is 0 Å². The number of carbonyl (C=O) groups excluding carboxylic acids is 1. The van der Waals surface area contributed by atoms with Crippen LogP contribution in [0.25, 0.3) is 10.9 Å². The molecule has 5 nitrogen and oxygen atoms in total. The van der Waals surface area contributed by atoms with Gasteiger partial charge >= 0.3 is 0 Å². The van der Waals surface area contributed by atoms with Crippen molar-refractivity contribution in [1.29, 1.82) is 0 Å². The van der Waals surface area contributed by atoms with Gasteiger partial charge in [-0.25, -0.2) is 4.98 Å². The molecular formula is C19H20N4O. The monoisotopic (exact) mass is 320 g/mol. The summed E-state index contributed by atoms with van der Waals surface area (Å²) in [5, 5.41) is 1.08. The predicted octanol–water partition coefficient (Wildman–Crippen LogP) is 2.67. The third-order valence-corrected chi connectivity index (χ3v) is 4.68. The number of imidazole rings is 1. The minimum Gasteiger partial charge on any atom is -0.338 e. The lowest BCUT2D eigenvalue weighted by atomic mass is 10.1. The van der Waals surface area contributed by atoms with Gasteiger partial charge < -0.3 is 9.47 Å². The van der Waals surface area contributed by atoms with Crippen LogP contribution in [0.4, 0.5) is 0 Å². The molecule has 0 bridgehead atoms. The van der Waals surface area contributed by atoms with E-state index in [1.807, 2.05) is 52.5 Å². The summed E-state index contributed by atoms with van der Waals surface area (Å²) in [5.41, 5.74) is 1.94. The van der Waals surface area contributed by atoms with Crippen LogP contribution in [-0.4, -0.2) is 37.9 Å². The number of nitrogens with zero attached hydrogens (tertiary/aromatic N) is 4. The van der Waals surface area contributed by atoms with Crippen LogP contribution in [0.5, 0.6) is 0 Å². The zero-order valence-electron chi connectivity index (χ0n) is 13.5. The molecule has 2 aromatic heterocycles. The van der Waals surface area contributed by atoms with Crippen LogP contribution in [0.3, 0.4) is 0 Å². The molecule has 1 fully saturated rings. The second-order valence-corrected chi connectivity index (χ2v) is 6.36. The van der Waals surface area contributed by atoms with Gasteiger partial charge in [0.05, 0.1) is 18.3 Å². The first-order valence-electron chi connectivity index (χ1n) is 8.38. The molecule has 24 heavy (non-hydrogen) atoms. The molecule has 0 saturated carbocycles. The minimum atomic E-state index is 0.190. The number of likely N-dealkylation sites (tertiary alicyclic amines) is 1. The molecule has 122 valence electrons. The van der Waals surface area contributed by atoms with E-state index < -0.39 is 0 Å². The van der Waals surface area contributed by atoms with E-state index >= 15 is 0 Å². The molecule has 1 aliphatic heterocycles. The van der Waals surface area contributed by atoms with Gasteiger partial charge in [0.2, 0.25) is 5.91 Å². The molecule has 0 spiro atoms. The number of pyridine rings is 1. The maximum absolute atomic E-state index is 12.8. The van der Waals surface area contributed by atoms with Gasteiger partial charge in [-0.3, -0.25) is 9.78 Å². The van der Waals surface area contributed by atoms with Crippen LogP contribution in [-0.2, 0) is 17.8 Å². The first-order valence-corrected chi connectivity index (χ1v) is 8.38. The van der Waals surface area contributed by atoms with E-state index in [2.05, 4.69) is 16.0 Å². The van der Waals surface area contributed by atoms with Gasteiger partial charge in [-0.05, 0) is 30.5 Å². The Bertz CT molecular complexity index is 843. The molecule has 0 radical (unpaired) electrons. The summed E-state index contributed by atoms with van der Waals surface area (Å²) in [6.45, 7) is 1.67. The molecule has 5 heteroatoms. The van der Waals surface area contributed by atoms with Crippen molar-refractivity contribution in [3.05, 3.63) is 60.8 Å². The minimum absolute atomic E-state index is 0.190. The summed E-state index contributed by atoms with van der Waals surface area (Å²) in [5.74, 6) is 0.190. The summed E-state index contributed by atoms with van der Waals surface area (Å²) >= 11 is 0. The fourth-order valence-electron chi connectivity index (χ4n) is 3.48. The fraction of sp³-hybridized carbons (Fsp3) is 0.316. The maximum Gasteiger partial charge on any atom is 0.227 e. The standard InChI is InChI=1S/C19H20N4O/c24-19(11-15-10-16-4-1-2-6-18(16)21-12-15)23-8-3-5-17(23)13-22-9-7-20-14-22/h1-2,4,6-7,9-10,12,14,17H,3,5,8,11,13H2. The smallest absolute Gasteiger partial charge is 0.227 e. The second-order valence-electron chi connectivity index (χ2n) is 6.36. The van der Waals surface area contributed by atoms with E-state index in [0.717, 1.165) is 42.4 Å². The molecule has 1 aromatic carbocycles. The van der Waals surface area contributed by atoms with Crippen LogP contribution in [0.15, 0.2) is 55.2 Å². The van der Waals surface area contributed by atoms with Crippen molar-refractivity contribution in [3.8, 4) is 0 Å². The Morgan fingerprint density at radius 1 is 1.29 bits per heavy atom. The predicted molar refractivity (Wildman–Crippen MR) is 92.4 cm³/mol. The molecule has 1 aliphatic rings. The summed E-state index contributed by atoms with van der Waals surface area (Å²) in [6, 6.07) is 10.3. The molecule has 0 aliphatic carbocycles. The second kappa shape index (κ2) is 6.43. The Kier molecular flexibility index (Phi) is 3.99. The van der Waals surface area contributed by atoms with E-state index in [4.69, 9.17) is 0 Å². The average Bonchev–Trinajstić information content (AvgIpc) is 3.27. The quantitative estimate of drug-likeness (QED) is 0.742. The normalized spacial score (nSPS) is 17.5. The Hall–Kier alpha value is -2.69. The van der Waals surface area contributed by atoms with Crippen LogP contribution in [0, 0.1) is 0 Å². The Morgan fingerprint density at radius 2 is 2.21 bits per heavy atom. The van der Waals surface area contributed by atoms with E-state index in [1.54, 1.807) is 6.20 Å². The SMILES string of the molecule is O=C(Cc1cnc2ccccc2c1)N1CCCC1Cn1ccnc1. The number of hydrogen-bond donors (Lipinski definition) is 0. The van der Waals surface area contributed by atoms with E-state index in [-0.39, 0.29) is 11.9 Å². The lowest BCUT2D eigenvalue weighted by Crippen LogP contribution is -2.38. The largest absolute Gasteiger partial charge is 0.338 e. The molecule has 1 saturated heterocycles. The van der Waals surface area contributed by atoms with Crippen molar-refractivity contribution in [2.45, 2.75) is 31.8 Å². The molecule has 3 aromatic rings. The van der Waals surface area contributed by atoms with E-state index in [0.29, 0.717) is 6.42 Å². The maximum atomic E-state index is 12.8. The highest BCUT2D eigenvalue weighted by Crippen LogP contribution is 2.21. The highest BCUT2D eigenvalue weighted by Gasteiger charge is 2.28. The van der Waals surface area contributed by atoms with Crippen molar-refractivity contribution in [3.63, 3.8) is 0 Å². The number of carbonyl (C=O) groups is 1. The first kappa shape index (κ1) is 14.9. The first-order chi connectivity index (χ1) is 11.8. The van der Waals surface area contributed by atoms with Crippen molar-refractivity contribution < 1.29 is 4.79 Å². The fourth-order valence-corrected chi connectivity index (χ4v) is 3.48. The van der Waals surface area contributed by atoms with Crippen LogP contribution < -0.4 is 0 Å². The van der Waals surface area contributed by atoms with Crippen molar-refractivity contribution >= 4 is 16.8 Å². The van der Waals surface area contributed by atoms with Gasteiger partial charge in [0.15, 0.2) is 0 Å². The number of amides is 1. The van der Waals surface area contributed by atoms with Gasteiger partial charge in [-0.2, -0.15) is 0 Å². The van der Waals surface area contributed by atoms with Crippen molar-refractivity contribution in [1.82, 2.24) is 19.4 Å². The summed E-state index contributed by atoms with van der Waals surface area (Å²) in [7, 11) is 0. The molecule has 1 amide bonds. The topological polar surface area (TPSA) is 51.0 Å². The van der Waals surface area contributed by atoms with Gasteiger partial charge in [0, 0.05) is 43.1 Å². The summed E-state index contributed by atoms with van der Waals surface area (Å²) in [6.07, 6.45) is 9.91. The third-order valence-electron chi connectivity index (χ3n) is 4.68. The number of fused-ring (bicyclic) bond motifs is 1. The number of hydrogen-bond acceptors (Lipinski definition) is 3. The molecule has 1 unspecified atom stereocenters. The van der Waals surface area contributed by atoms with Gasteiger partial charge in [0.1, 0.15) is 0 Å². The van der Waals surface area contributed by atoms with Gasteiger partial charge in [-0.1, -0.05) is 18.2 Å². The molecular weight excluding hydrogens is 300 g/mol. The van der Waals surface area contributed by atoms with Crippen LogP contribution in [0.2, 0.25) is 0 Å². The zero-order valence-corrected chi connectivity index (χ0v) is 13.5. The Labute approximate surface area is 140 Å². The lowest BCUT2D eigenvalue weighted by Gasteiger charge is -2.25. The van der Waals surface area contributed by atoms with Crippen molar-refractivity contribution in [2.24, 2.45) is 0 Å². The average molecular weight is 320 g/mol. The zero-order chi connectivity index (χ0) is 16.4. The Morgan fingerprint density at radius 3 is 3.08 bits per heavy atom. The molecule has 4 rings (SSSR count). The number of aromatic nitrogens is 3. The summed E-state index contributed by atoms with van der Waals surface area (Å²) in [4.78, 5) is 23.3. The highest BCUT2D eigenvalue weighted by molar-refractivity contribution is 5.83. The summed E-state index contributed by atoms with van der Waals surface area (Å²) < 4.78 is 2.05. The number of benzene rings is 1. The van der Waals surface area contributed by atoms with E-state index in [1.165, 1.54) is 0 Å². The van der Waals surface area contributed by atoms with Gasteiger partial charge in [0.25, 0.3) is 0 Å². The lowest BCUT2D eigenvalue weighted by molar-refractivity contribution is -0.131. The Balaban J connectivity index is 1.47. The number of para-hydroxylation sites is 1. The number of rotatable bonds is 4. The van der Waals surface area contributed by atoms with Crippen LogP contribution in [0.1, 0.15) is 18.4 Å². The van der Waals surface area contributed by atoms with Crippen molar-refractivity contribution in [2.75, 3.05) is 6.54 Å².